The average molecular weight is 296 g/mol. The summed E-state index contributed by atoms with van der Waals surface area (Å²) in [5, 5.41) is 0. The number of hydrogen-bond acceptors (Lipinski definition) is 2. The molecule has 3 nitrogen and oxygen atoms in total. The van der Waals surface area contributed by atoms with Crippen molar-refractivity contribution in [1.82, 2.24) is 9.55 Å². The third-order valence-corrected chi connectivity index (χ3v) is 5.18. The molecule has 1 aliphatic heterocycles. The predicted octanol–water partition coefficient (Wildman–Crippen LogP) is 3.90. The van der Waals surface area contributed by atoms with E-state index in [1.54, 1.807) is 0 Å². The minimum atomic E-state index is -0.0294. The maximum Gasteiger partial charge on any atom is 0.112 e. The lowest BCUT2D eigenvalue weighted by atomic mass is 9.87. The van der Waals surface area contributed by atoms with E-state index in [-0.39, 0.29) is 5.60 Å². The number of aromatic nitrogens is 2. The van der Waals surface area contributed by atoms with Crippen molar-refractivity contribution in [2.24, 2.45) is 0 Å². The first-order valence-electron chi connectivity index (χ1n) is 8.36. The molecule has 1 atom stereocenters. The fraction of sp³-hybridized carbons (Fsp3) is 0.526. The summed E-state index contributed by atoms with van der Waals surface area (Å²) in [5.41, 5.74) is 2.97. The van der Waals surface area contributed by atoms with Crippen LogP contribution in [0.5, 0.6) is 0 Å². The van der Waals surface area contributed by atoms with Crippen LogP contribution in [-0.2, 0) is 17.6 Å². The van der Waals surface area contributed by atoms with Crippen molar-refractivity contribution in [3.05, 3.63) is 53.6 Å². The Morgan fingerprint density at radius 3 is 2.59 bits per heavy atom. The molecule has 3 heteroatoms. The number of rotatable bonds is 2. The van der Waals surface area contributed by atoms with Gasteiger partial charge in [-0.1, -0.05) is 24.3 Å². The smallest absolute Gasteiger partial charge is 0.112 e. The van der Waals surface area contributed by atoms with Gasteiger partial charge in [-0.15, -0.1) is 0 Å². The van der Waals surface area contributed by atoms with Gasteiger partial charge >= 0.3 is 0 Å². The Hall–Kier alpha value is -1.61. The van der Waals surface area contributed by atoms with E-state index in [1.165, 1.54) is 17.0 Å². The van der Waals surface area contributed by atoms with Crippen LogP contribution in [0.1, 0.15) is 55.6 Å². The summed E-state index contributed by atoms with van der Waals surface area (Å²) in [6.07, 6.45) is 8.55. The Morgan fingerprint density at radius 2 is 1.91 bits per heavy atom. The summed E-state index contributed by atoms with van der Waals surface area (Å²) in [6, 6.07) is 9.36. The number of hydrogen-bond donors (Lipinski definition) is 0. The first-order chi connectivity index (χ1) is 10.6. The minimum Gasteiger partial charge on any atom is -0.376 e. The Kier molecular flexibility index (Phi) is 3.33. The summed E-state index contributed by atoms with van der Waals surface area (Å²) >= 11 is 0. The number of ether oxygens (including phenoxy) is 1. The van der Waals surface area contributed by atoms with Gasteiger partial charge in [-0.3, -0.25) is 0 Å². The molecular weight excluding hydrogens is 272 g/mol. The normalized spacial score (nSPS) is 24.4. The van der Waals surface area contributed by atoms with Crippen molar-refractivity contribution in [3.63, 3.8) is 0 Å². The van der Waals surface area contributed by atoms with Crippen LogP contribution < -0.4 is 0 Å². The summed E-state index contributed by atoms with van der Waals surface area (Å²) in [7, 11) is 0. The summed E-state index contributed by atoms with van der Waals surface area (Å²) in [6.45, 7) is 5.23. The Bertz CT molecular complexity index is 649. The third kappa shape index (κ3) is 2.48. The fourth-order valence-corrected chi connectivity index (χ4v) is 4.13. The van der Waals surface area contributed by atoms with Crippen molar-refractivity contribution in [1.29, 1.82) is 0 Å². The standard InChI is InChI=1S/C19H24N2O/c1-19(2)13-16(7-10-22-19)18-20-8-9-21(18)17-11-14-5-3-4-6-15(14)12-17/h3-6,8-9,16-17H,7,10-13H2,1-2H3/t16-/m0/s1. The molecule has 0 spiro atoms. The van der Waals surface area contributed by atoms with Crippen LogP contribution in [0.15, 0.2) is 36.7 Å². The highest BCUT2D eigenvalue weighted by molar-refractivity contribution is 5.33. The largest absolute Gasteiger partial charge is 0.376 e. The van der Waals surface area contributed by atoms with Crippen molar-refractivity contribution in [2.75, 3.05) is 6.61 Å². The van der Waals surface area contributed by atoms with Gasteiger partial charge in [-0.2, -0.15) is 0 Å². The van der Waals surface area contributed by atoms with Gasteiger partial charge in [0.1, 0.15) is 5.82 Å². The number of nitrogens with zero attached hydrogens (tertiary/aromatic N) is 2. The van der Waals surface area contributed by atoms with Crippen LogP contribution >= 0.6 is 0 Å². The zero-order valence-electron chi connectivity index (χ0n) is 13.5. The van der Waals surface area contributed by atoms with Gasteiger partial charge in [0.25, 0.3) is 0 Å². The number of fused-ring (bicyclic) bond motifs is 1. The summed E-state index contributed by atoms with van der Waals surface area (Å²) < 4.78 is 8.31. The molecule has 0 bridgehead atoms. The van der Waals surface area contributed by atoms with Gasteiger partial charge in [0, 0.05) is 31.0 Å². The zero-order valence-corrected chi connectivity index (χ0v) is 13.5. The van der Waals surface area contributed by atoms with Crippen molar-refractivity contribution in [2.45, 2.75) is 57.1 Å². The molecular formula is C19H24N2O. The molecule has 0 radical (unpaired) electrons. The highest BCUT2D eigenvalue weighted by Crippen LogP contribution is 2.38. The van der Waals surface area contributed by atoms with Gasteiger partial charge in [0.2, 0.25) is 0 Å². The van der Waals surface area contributed by atoms with Crippen LogP contribution in [0.25, 0.3) is 0 Å². The van der Waals surface area contributed by atoms with Crippen molar-refractivity contribution >= 4 is 0 Å². The van der Waals surface area contributed by atoms with Crippen LogP contribution in [0.2, 0.25) is 0 Å². The lowest BCUT2D eigenvalue weighted by molar-refractivity contribution is -0.0607. The van der Waals surface area contributed by atoms with E-state index in [0.717, 1.165) is 32.3 Å². The van der Waals surface area contributed by atoms with Gasteiger partial charge in [-0.25, -0.2) is 4.98 Å². The SMILES string of the molecule is CC1(C)C[C@@H](c2nccn2C2Cc3ccccc3C2)CCO1. The second-order valence-electron chi connectivity index (χ2n) is 7.32. The molecule has 0 N–H and O–H groups in total. The Labute approximate surface area is 132 Å². The van der Waals surface area contributed by atoms with E-state index >= 15 is 0 Å². The lowest BCUT2D eigenvalue weighted by Crippen LogP contribution is -2.34. The molecule has 4 rings (SSSR count). The highest BCUT2D eigenvalue weighted by atomic mass is 16.5. The Balaban J connectivity index is 1.59. The maximum absolute atomic E-state index is 5.87. The van der Waals surface area contributed by atoms with Crippen LogP contribution in [0, 0.1) is 0 Å². The topological polar surface area (TPSA) is 27.1 Å². The molecule has 1 saturated heterocycles. The van der Waals surface area contributed by atoms with E-state index in [0.29, 0.717) is 12.0 Å². The van der Waals surface area contributed by atoms with E-state index in [2.05, 4.69) is 48.9 Å². The minimum absolute atomic E-state index is 0.0294. The van der Waals surface area contributed by atoms with Crippen molar-refractivity contribution < 1.29 is 4.74 Å². The van der Waals surface area contributed by atoms with E-state index in [9.17, 15) is 0 Å². The molecule has 1 fully saturated rings. The highest BCUT2D eigenvalue weighted by Gasteiger charge is 2.33. The van der Waals surface area contributed by atoms with E-state index in [1.807, 2.05) is 6.20 Å². The number of benzene rings is 1. The van der Waals surface area contributed by atoms with Crippen LogP contribution in [0.4, 0.5) is 0 Å². The number of imidazole rings is 1. The quantitative estimate of drug-likeness (QED) is 0.840. The van der Waals surface area contributed by atoms with Gasteiger partial charge < -0.3 is 9.30 Å². The summed E-state index contributed by atoms with van der Waals surface area (Å²) in [4.78, 5) is 4.72. The molecule has 2 aliphatic rings. The first-order valence-corrected chi connectivity index (χ1v) is 8.36. The Morgan fingerprint density at radius 1 is 1.18 bits per heavy atom. The maximum atomic E-state index is 5.87. The van der Waals surface area contributed by atoms with Crippen LogP contribution in [0.3, 0.4) is 0 Å². The molecule has 1 aromatic carbocycles. The fourth-order valence-electron chi connectivity index (χ4n) is 4.13. The molecule has 2 aromatic rings. The molecule has 0 unspecified atom stereocenters. The second kappa shape index (κ2) is 5.24. The molecule has 0 saturated carbocycles. The lowest BCUT2D eigenvalue weighted by Gasteiger charge is -2.35. The molecule has 1 aromatic heterocycles. The molecule has 116 valence electrons. The average Bonchev–Trinajstić information content (AvgIpc) is 3.12. The summed E-state index contributed by atoms with van der Waals surface area (Å²) in [5.74, 6) is 1.77. The molecule has 0 amide bonds. The molecule has 1 aliphatic carbocycles. The molecule has 2 heterocycles. The van der Waals surface area contributed by atoms with E-state index < -0.39 is 0 Å². The van der Waals surface area contributed by atoms with Gasteiger partial charge in [0.15, 0.2) is 0 Å². The third-order valence-electron chi connectivity index (χ3n) is 5.18. The van der Waals surface area contributed by atoms with Gasteiger partial charge in [-0.05, 0) is 50.7 Å². The first kappa shape index (κ1) is 14.0. The second-order valence-corrected chi connectivity index (χ2v) is 7.32. The van der Waals surface area contributed by atoms with Crippen LogP contribution in [-0.4, -0.2) is 21.8 Å². The molecule has 22 heavy (non-hydrogen) atoms. The predicted molar refractivity (Wildman–Crippen MR) is 87.1 cm³/mol. The van der Waals surface area contributed by atoms with E-state index in [4.69, 9.17) is 9.72 Å². The zero-order chi connectivity index (χ0) is 15.2. The monoisotopic (exact) mass is 296 g/mol. The van der Waals surface area contributed by atoms with Gasteiger partial charge in [0.05, 0.1) is 5.60 Å². The van der Waals surface area contributed by atoms with Crippen molar-refractivity contribution in [3.8, 4) is 0 Å².